The van der Waals surface area contributed by atoms with Gasteiger partial charge in [-0.05, 0) is 122 Å². The first-order valence-electron chi connectivity index (χ1n) is 36.9. The third-order valence-corrected chi connectivity index (χ3v) is 19.6. The van der Waals surface area contributed by atoms with Gasteiger partial charge in [-0.1, -0.05) is 110 Å². The molecule has 1 aromatic heterocycles. The monoisotopic (exact) mass is 1460 g/mol. The number of aryl methyl sites for hydroxylation is 1. The summed E-state index contributed by atoms with van der Waals surface area (Å²) in [4.78, 5) is 146. The number of hydrogen-bond acceptors (Lipinski definition) is 18. The number of hydrogen-bond donors (Lipinski definition) is 7. The van der Waals surface area contributed by atoms with E-state index in [9.17, 15) is 48.3 Å². The molecule has 0 bridgehead atoms. The van der Waals surface area contributed by atoms with Gasteiger partial charge >= 0.3 is 12.2 Å². The van der Waals surface area contributed by atoms with Crippen molar-refractivity contribution in [2.24, 2.45) is 11.8 Å². The van der Waals surface area contributed by atoms with Crippen molar-refractivity contribution in [2.45, 2.75) is 211 Å². The maximum Gasteiger partial charge on any atom is 0.410 e. The highest BCUT2D eigenvalue weighted by Crippen LogP contribution is 2.37. The number of aromatic nitrogens is 3. The Hall–Kier alpha value is -9.06. The molecule has 10 amide bonds. The Bertz CT molecular complexity index is 3500. The Balaban J connectivity index is 0.750. The fraction of sp³-hybridized carbons (Fsp3) is 0.605. The van der Waals surface area contributed by atoms with Crippen LogP contribution in [0.25, 0.3) is 0 Å². The van der Waals surface area contributed by atoms with Gasteiger partial charge in [-0.3, -0.25) is 48.2 Å². The highest BCUT2D eigenvalue weighted by atomic mass is 16.6. The number of carbonyl (C=O) groups is 10. The molecular formula is C76H109N13O16. The second kappa shape index (κ2) is 38.8. The first-order valence-corrected chi connectivity index (χ1v) is 36.9. The summed E-state index contributed by atoms with van der Waals surface area (Å²) in [6.07, 6.45) is 4.78. The number of aliphatic hydroxyl groups is 1. The van der Waals surface area contributed by atoms with Gasteiger partial charge in [0.1, 0.15) is 53.5 Å². The lowest BCUT2D eigenvalue weighted by Gasteiger charge is -2.34. The molecule has 4 fully saturated rings. The van der Waals surface area contributed by atoms with Crippen LogP contribution in [0.15, 0.2) is 97.2 Å². The minimum absolute atomic E-state index is 0.0507. The normalized spacial score (nSPS) is 21.1. The van der Waals surface area contributed by atoms with E-state index in [4.69, 9.17) is 23.7 Å². The van der Waals surface area contributed by atoms with Crippen molar-refractivity contribution in [2.75, 3.05) is 73.4 Å². The number of nitrogens with zero attached hydrogens (tertiary/aromatic N) is 7. The van der Waals surface area contributed by atoms with Gasteiger partial charge in [0.2, 0.25) is 47.3 Å². The first-order chi connectivity index (χ1) is 50.2. The smallest absolute Gasteiger partial charge is 0.410 e. The van der Waals surface area contributed by atoms with Crippen LogP contribution in [-0.4, -0.2) is 232 Å². The Morgan fingerprint density at radius 3 is 1.50 bits per heavy atom. The van der Waals surface area contributed by atoms with Gasteiger partial charge < -0.3 is 70.5 Å². The van der Waals surface area contributed by atoms with E-state index in [0.29, 0.717) is 75.8 Å². The lowest BCUT2D eigenvalue weighted by Crippen LogP contribution is -2.60. The van der Waals surface area contributed by atoms with Crippen LogP contribution in [0.5, 0.6) is 0 Å². The molecule has 0 radical (unpaired) electrons. The molecule has 0 saturated carbocycles. The van der Waals surface area contributed by atoms with Gasteiger partial charge in [-0.2, -0.15) is 0 Å². The predicted octanol–water partition coefficient (Wildman–Crippen LogP) is 5.05. The van der Waals surface area contributed by atoms with Gasteiger partial charge in [0, 0.05) is 76.7 Å². The molecule has 4 aromatic rings. The van der Waals surface area contributed by atoms with E-state index in [1.54, 1.807) is 102 Å². The first kappa shape index (κ1) is 81.6. The molecular weight excluding hydrogens is 1350 g/mol. The summed E-state index contributed by atoms with van der Waals surface area (Å²) in [5, 5.41) is 36.7. The molecule has 3 aromatic carbocycles. The summed E-state index contributed by atoms with van der Waals surface area (Å²) in [6, 6.07) is 19.6. The summed E-state index contributed by atoms with van der Waals surface area (Å²) in [6.45, 7) is 15.5. The molecule has 105 heavy (non-hydrogen) atoms. The summed E-state index contributed by atoms with van der Waals surface area (Å²) in [5.41, 5.74) is 1.22. The van der Waals surface area contributed by atoms with Crippen LogP contribution >= 0.6 is 0 Å². The summed E-state index contributed by atoms with van der Waals surface area (Å²) in [5.74, 6) is -4.98. The van der Waals surface area contributed by atoms with Gasteiger partial charge in [0.25, 0.3) is 0 Å². The van der Waals surface area contributed by atoms with Crippen molar-refractivity contribution < 1.29 is 76.7 Å². The van der Waals surface area contributed by atoms with E-state index in [1.807, 2.05) is 60.7 Å². The summed E-state index contributed by atoms with van der Waals surface area (Å²) in [7, 11) is 2.93. The van der Waals surface area contributed by atoms with Gasteiger partial charge in [0.05, 0.1) is 57.9 Å². The van der Waals surface area contributed by atoms with E-state index in [0.717, 1.165) is 11.1 Å². The number of fused-ring (bicyclic) bond motifs is 2. The molecule has 29 heteroatoms. The number of amides is 10. The molecule has 8 rings (SSSR count). The third-order valence-electron chi connectivity index (χ3n) is 19.6. The Morgan fingerprint density at radius 1 is 0.562 bits per heavy atom. The van der Waals surface area contributed by atoms with Crippen LogP contribution in [0.1, 0.15) is 160 Å². The van der Waals surface area contributed by atoms with Crippen LogP contribution in [-0.2, 0) is 75.0 Å². The Labute approximate surface area is 615 Å². The summed E-state index contributed by atoms with van der Waals surface area (Å²) >= 11 is 0. The molecule has 4 aliphatic heterocycles. The van der Waals surface area contributed by atoms with Crippen molar-refractivity contribution >= 4 is 59.4 Å². The zero-order valence-corrected chi connectivity index (χ0v) is 62.4. The average molecular weight is 1460 g/mol. The Kier molecular flexibility index (Phi) is 30.2. The van der Waals surface area contributed by atoms with Crippen molar-refractivity contribution in [3.05, 3.63) is 120 Å². The number of benzene rings is 3. The quantitative estimate of drug-likeness (QED) is 0.0301. The number of aliphatic hydroxyl groups excluding tert-OH is 1. The average Bonchev–Trinajstić information content (AvgIpc) is 1.65. The second-order valence-corrected chi connectivity index (χ2v) is 29.4. The molecule has 4 saturated heterocycles. The molecule has 0 spiro atoms. The minimum Gasteiger partial charge on any atom is -0.444 e. The van der Waals surface area contributed by atoms with Gasteiger partial charge in [-0.15, -0.1) is 5.10 Å². The minimum atomic E-state index is -1.18. The zero-order chi connectivity index (χ0) is 76.0. The van der Waals surface area contributed by atoms with Crippen LogP contribution in [0, 0.1) is 11.8 Å². The zero-order valence-electron chi connectivity index (χ0n) is 62.4. The van der Waals surface area contributed by atoms with Crippen molar-refractivity contribution in [3.63, 3.8) is 0 Å². The van der Waals surface area contributed by atoms with Gasteiger partial charge in [0.15, 0.2) is 0 Å². The number of rotatable bonds is 34. The highest BCUT2D eigenvalue weighted by molar-refractivity contribution is 5.97. The van der Waals surface area contributed by atoms with Gasteiger partial charge in [-0.25, -0.2) is 14.3 Å². The van der Waals surface area contributed by atoms with Crippen LogP contribution in [0.4, 0.5) is 9.59 Å². The molecule has 0 aliphatic carbocycles. The topological polar surface area (TPSA) is 353 Å². The molecule has 5 heterocycles. The van der Waals surface area contributed by atoms with Crippen molar-refractivity contribution in [1.82, 2.24) is 66.5 Å². The number of likely N-dealkylation sites (N-methyl/N-ethyl adjacent to an activating group) is 2. The largest absolute Gasteiger partial charge is 0.444 e. The molecule has 4 aliphatic rings. The van der Waals surface area contributed by atoms with E-state index in [-0.39, 0.29) is 95.7 Å². The van der Waals surface area contributed by atoms with Crippen molar-refractivity contribution in [3.8, 4) is 0 Å². The second-order valence-electron chi connectivity index (χ2n) is 29.4. The van der Waals surface area contributed by atoms with Crippen LogP contribution < -0.4 is 31.9 Å². The van der Waals surface area contributed by atoms with E-state index in [1.165, 1.54) is 28.8 Å². The molecule has 2 unspecified atom stereocenters. The van der Waals surface area contributed by atoms with E-state index >= 15 is 4.79 Å². The number of carbonyl (C=O) groups excluding carboxylic acids is 10. The summed E-state index contributed by atoms with van der Waals surface area (Å²) < 4.78 is 29.9. The molecule has 574 valence electrons. The lowest BCUT2D eigenvalue weighted by atomic mass is 9.92. The van der Waals surface area contributed by atoms with E-state index in [2.05, 4.69) is 42.2 Å². The SMILES string of the molecule is CC[C@@H](C(=O)N[C@@H]1C(=O)N2C(CC[C@@H]1CNC(=O)CCc1cn(CCOCCOCCOCCNC(=O)[C@@H](NC(=O)[C@@H]3CCC4CC[C@H](CO)[C@H](NC(=O)[C@H](CC)N(C)C(=O)OC(C)(C)C)C(=O)N43)c3ccccc3)nn1)CC[C@H]2C(=O)NC(c1ccccc1)c1ccccc1)N(C)C(=O)OC(C)(C)C. The number of ether oxygens (including phenoxy) is 5. The van der Waals surface area contributed by atoms with E-state index < -0.39 is 126 Å². The molecule has 29 nitrogen and oxygen atoms in total. The number of nitrogens with one attached hydrogen (secondary N) is 6. The Morgan fingerprint density at radius 2 is 1.01 bits per heavy atom. The standard InChI is InChI=1S/C76H109N13O16/c1-11-57(85(9)73(99)104-75(3,4)5)66(92)81-64-52(28-31-55-33-35-59(88(55)71(64)97)68(94)79-62(49-22-16-13-17-23-49)50-24-18-14-19-25-50)46-78-61(91)37-30-54-47-87(84-83-54)39-41-102-43-45-103-44-42-101-40-38-77-70(96)63(51-26-20-15-21-27-51)80-69(95)60-36-34-56-32-29-53(48-90)65(72(98)89(56)60)82-67(93)58(12-2)86(10)74(100)105-76(6,7)8/h13-27,47,52-53,55-60,62-65,90H,11-12,28-46,48H2,1-10H3,(H,77,96)(H,78,91)(H,79,94)(H,80,95)(H,81,92)(H,82,93)/t52-,53-,55?,56?,57+,58+,59+,60+,63+,64+,65+/m1/s1. The van der Waals surface area contributed by atoms with Crippen LogP contribution in [0.2, 0.25) is 0 Å². The third kappa shape index (κ3) is 23.0. The highest BCUT2D eigenvalue weighted by Gasteiger charge is 2.51. The lowest BCUT2D eigenvalue weighted by molar-refractivity contribution is -0.145. The van der Waals surface area contributed by atoms with Crippen molar-refractivity contribution in [1.29, 1.82) is 0 Å². The fourth-order valence-electron chi connectivity index (χ4n) is 14.1. The molecule has 11 atom stereocenters. The van der Waals surface area contributed by atoms with Crippen LogP contribution in [0.3, 0.4) is 0 Å². The fourth-order valence-corrected chi connectivity index (χ4v) is 14.1. The maximum atomic E-state index is 15.1. The molecule has 7 N–H and O–H groups in total. The maximum absolute atomic E-state index is 15.1. The predicted molar refractivity (Wildman–Crippen MR) is 387 cm³/mol.